The molecular formula is C42H43F3N8O5S. The summed E-state index contributed by atoms with van der Waals surface area (Å²) in [7, 11) is 0. The van der Waals surface area contributed by atoms with Crippen molar-refractivity contribution in [2.75, 3.05) is 59.8 Å². The lowest BCUT2D eigenvalue weighted by Crippen LogP contribution is -2.55. The first kappa shape index (κ1) is 42.6. The number of carbonyl (C=O) groups excluding carboxylic acids is 4. The summed E-state index contributed by atoms with van der Waals surface area (Å²) < 4.78 is 47.6. The fourth-order valence-corrected chi connectivity index (χ4v) is 7.92. The van der Waals surface area contributed by atoms with E-state index in [2.05, 4.69) is 26.8 Å². The summed E-state index contributed by atoms with van der Waals surface area (Å²) in [5, 5.41) is 17.6. The van der Waals surface area contributed by atoms with Crippen molar-refractivity contribution in [1.82, 2.24) is 15.1 Å². The number of alkyl halides is 3. The van der Waals surface area contributed by atoms with Gasteiger partial charge >= 0.3 is 6.18 Å². The number of carbonyl (C=O) groups is 4. The molecule has 3 aromatic carbocycles. The molecule has 3 aromatic rings. The average molecular weight is 829 g/mol. The summed E-state index contributed by atoms with van der Waals surface area (Å²) >= 11 is 5.71. The van der Waals surface area contributed by atoms with Gasteiger partial charge in [-0.05, 0) is 99.1 Å². The van der Waals surface area contributed by atoms with Crippen LogP contribution in [-0.4, -0.2) is 95.5 Å². The second-order valence-electron chi connectivity index (χ2n) is 14.9. The predicted octanol–water partition coefficient (Wildman–Crippen LogP) is 4.91. The number of terminal acetylenes is 1. The normalized spacial score (nSPS) is 19.9. The summed E-state index contributed by atoms with van der Waals surface area (Å²) in [4.78, 5) is 57.2. The first-order chi connectivity index (χ1) is 28.0. The number of thiocarbonyl (C=S) groups is 1. The van der Waals surface area contributed by atoms with E-state index in [9.17, 15) is 37.6 Å². The summed E-state index contributed by atoms with van der Waals surface area (Å²) in [6, 6.07) is 16.2. The van der Waals surface area contributed by atoms with Gasteiger partial charge in [0, 0.05) is 49.7 Å². The highest BCUT2D eigenvalue weighted by molar-refractivity contribution is 7.81. The second-order valence-corrected chi connectivity index (χ2v) is 15.2. The van der Waals surface area contributed by atoms with Crippen LogP contribution in [-0.2, 0) is 31.8 Å². The van der Waals surface area contributed by atoms with Gasteiger partial charge in [-0.3, -0.25) is 39.2 Å². The standard InChI is InChI=1S/C42H43F3N8O5S/c1-5-26-20-32(53-40(59)52(39(57)41(53,3)4)31-11-10-27(23-46)33(22-31)42(43,44)45)12-14-35(26)58-19-18-50-16-17-51(30(6-2)24-50)25-37(55)48-29-9-7-8-28(21-29)47-34-13-15-36(54)49-38(34)56/h2,7-12,14,20-22,30,34,47H,5,13,15-19,24-25H2,1,3-4H3,(H,48,55)(H,49,54,56)/t30-,34?/m1/s1. The molecule has 3 aliphatic heterocycles. The molecule has 2 atom stereocenters. The van der Waals surface area contributed by atoms with E-state index in [0.717, 1.165) is 22.6 Å². The lowest BCUT2D eigenvalue weighted by molar-refractivity contribution is -0.138. The highest BCUT2D eigenvalue weighted by atomic mass is 32.1. The number of piperidine rings is 1. The van der Waals surface area contributed by atoms with Crippen LogP contribution in [0, 0.1) is 23.7 Å². The smallest absolute Gasteiger partial charge is 0.417 e. The number of anilines is 4. The number of hydrogen-bond acceptors (Lipinski definition) is 10. The molecule has 0 aromatic heterocycles. The average Bonchev–Trinajstić information content (AvgIpc) is 3.37. The number of rotatable bonds is 12. The molecule has 3 heterocycles. The van der Waals surface area contributed by atoms with Crippen LogP contribution in [0.25, 0.3) is 0 Å². The van der Waals surface area contributed by atoms with Crippen molar-refractivity contribution in [3.63, 3.8) is 0 Å². The van der Waals surface area contributed by atoms with E-state index in [0.29, 0.717) is 68.4 Å². The Bertz CT molecular complexity index is 2250. The van der Waals surface area contributed by atoms with E-state index in [4.69, 9.17) is 23.4 Å². The summed E-state index contributed by atoms with van der Waals surface area (Å²) in [6.45, 7) is 7.95. The maximum Gasteiger partial charge on any atom is 0.417 e. The molecule has 3 aliphatic rings. The second kappa shape index (κ2) is 17.5. The van der Waals surface area contributed by atoms with Crippen molar-refractivity contribution in [3.8, 4) is 24.2 Å². The lowest BCUT2D eigenvalue weighted by atomic mass is 10.0. The van der Waals surface area contributed by atoms with Crippen LogP contribution in [0.1, 0.15) is 50.3 Å². The third-order valence-electron chi connectivity index (χ3n) is 10.5. The number of amides is 4. The molecule has 6 rings (SSSR count). The van der Waals surface area contributed by atoms with E-state index in [1.165, 1.54) is 6.07 Å². The predicted molar refractivity (Wildman–Crippen MR) is 220 cm³/mol. The molecule has 17 heteroatoms. The Kier molecular flexibility index (Phi) is 12.6. The Morgan fingerprint density at radius 1 is 1.07 bits per heavy atom. The quantitative estimate of drug-likeness (QED) is 0.130. The van der Waals surface area contributed by atoms with Crippen LogP contribution in [0.2, 0.25) is 0 Å². The Morgan fingerprint density at radius 2 is 1.81 bits per heavy atom. The summed E-state index contributed by atoms with van der Waals surface area (Å²) in [5.74, 6) is 1.99. The van der Waals surface area contributed by atoms with Crippen LogP contribution in [0.5, 0.6) is 5.75 Å². The molecule has 3 saturated heterocycles. The van der Waals surface area contributed by atoms with Crippen LogP contribution in [0.4, 0.5) is 35.9 Å². The highest BCUT2D eigenvalue weighted by Gasteiger charge is 2.51. The van der Waals surface area contributed by atoms with Gasteiger partial charge in [0.1, 0.15) is 23.9 Å². The Labute approximate surface area is 345 Å². The molecular weight excluding hydrogens is 786 g/mol. The van der Waals surface area contributed by atoms with E-state index in [1.807, 2.05) is 17.9 Å². The van der Waals surface area contributed by atoms with Crippen LogP contribution >= 0.6 is 12.2 Å². The van der Waals surface area contributed by atoms with Crippen molar-refractivity contribution in [3.05, 3.63) is 77.4 Å². The number of nitriles is 1. The molecule has 0 bridgehead atoms. The SMILES string of the molecule is C#C[C@@H]1CN(CCOc2ccc(N3C(=S)N(c4ccc(C#N)c(C(F)(F)F)c4)C(=O)C3(C)C)cc2CC)CCN1CC(=O)Nc1cccc(NC2CCC(=O)NC2=O)c1. The molecule has 0 radical (unpaired) electrons. The zero-order chi connectivity index (χ0) is 42.6. The van der Waals surface area contributed by atoms with Gasteiger partial charge in [0.15, 0.2) is 5.11 Å². The molecule has 4 amide bonds. The van der Waals surface area contributed by atoms with Crippen LogP contribution in [0.3, 0.4) is 0 Å². The minimum Gasteiger partial charge on any atom is -0.492 e. The molecule has 0 saturated carbocycles. The maximum atomic E-state index is 13.8. The number of ether oxygens (including phenoxy) is 1. The number of nitrogens with zero attached hydrogens (tertiary/aromatic N) is 5. The third kappa shape index (κ3) is 9.33. The van der Waals surface area contributed by atoms with Gasteiger partial charge in [-0.2, -0.15) is 18.4 Å². The van der Waals surface area contributed by atoms with Gasteiger partial charge in [-0.1, -0.05) is 18.9 Å². The zero-order valence-corrected chi connectivity index (χ0v) is 33.5. The van der Waals surface area contributed by atoms with Gasteiger partial charge < -0.3 is 20.3 Å². The monoisotopic (exact) mass is 828 g/mol. The summed E-state index contributed by atoms with van der Waals surface area (Å²) in [5.41, 5.74) is -0.451. The van der Waals surface area contributed by atoms with Crippen molar-refractivity contribution in [1.29, 1.82) is 5.26 Å². The topological polar surface area (TPSA) is 150 Å². The van der Waals surface area contributed by atoms with Crippen molar-refractivity contribution in [2.24, 2.45) is 0 Å². The molecule has 0 spiro atoms. The maximum absolute atomic E-state index is 13.8. The minimum absolute atomic E-state index is 0.00165. The fraction of sp³-hybridized carbons (Fsp3) is 0.381. The molecule has 308 valence electrons. The Morgan fingerprint density at radius 3 is 2.51 bits per heavy atom. The van der Waals surface area contributed by atoms with E-state index in [1.54, 1.807) is 61.2 Å². The minimum atomic E-state index is -4.81. The van der Waals surface area contributed by atoms with Crippen molar-refractivity contribution >= 4 is 63.7 Å². The van der Waals surface area contributed by atoms with Gasteiger partial charge in [0.05, 0.1) is 35.5 Å². The number of benzene rings is 3. The highest BCUT2D eigenvalue weighted by Crippen LogP contribution is 2.40. The molecule has 59 heavy (non-hydrogen) atoms. The number of piperazine rings is 1. The van der Waals surface area contributed by atoms with Crippen LogP contribution in [0.15, 0.2) is 60.7 Å². The Balaban J connectivity index is 1.03. The molecule has 3 fully saturated rings. The van der Waals surface area contributed by atoms with Gasteiger partial charge in [-0.15, -0.1) is 6.42 Å². The fourth-order valence-electron chi connectivity index (χ4n) is 7.40. The number of hydrogen-bond donors (Lipinski definition) is 3. The lowest BCUT2D eigenvalue weighted by Gasteiger charge is -2.38. The number of halogens is 3. The van der Waals surface area contributed by atoms with Gasteiger partial charge in [-0.25, -0.2) is 0 Å². The van der Waals surface area contributed by atoms with Gasteiger partial charge in [0.25, 0.3) is 5.91 Å². The molecule has 0 aliphatic carbocycles. The molecule has 3 N–H and O–H groups in total. The van der Waals surface area contributed by atoms with Gasteiger partial charge in [0.2, 0.25) is 17.7 Å². The van der Waals surface area contributed by atoms with E-state index >= 15 is 0 Å². The van der Waals surface area contributed by atoms with E-state index < -0.39 is 34.8 Å². The van der Waals surface area contributed by atoms with Crippen molar-refractivity contribution in [2.45, 2.75) is 63.8 Å². The van der Waals surface area contributed by atoms with E-state index in [-0.39, 0.29) is 47.5 Å². The summed E-state index contributed by atoms with van der Waals surface area (Å²) in [6.07, 6.45) is 2.31. The first-order valence-electron chi connectivity index (χ1n) is 19.0. The van der Waals surface area contributed by atoms with Crippen molar-refractivity contribution < 1.29 is 37.1 Å². The first-order valence-corrected chi connectivity index (χ1v) is 19.4. The largest absolute Gasteiger partial charge is 0.492 e. The zero-order valence-electron chi connectivity index (χ0n) is 32.7. The third-order valence-corrected chi connectivity index (χ3v) is 10.9. The van der Waals surface area contributed by atoms with Crippen LogP contribution < -0.4 is 30.5 Å². The number of nitrogens with one attached hydrogen (secondary N) is 3. The molecule has 13 nitrogen and oxygen atoms in total. The molecule has 1 unspecified atom stereocenters. The Hall–Kier alpha value is -6.01. The number of aryl methyl sites for hydroxylation is 1. The number of imide groups is 1.